The molecule has 0 radical (unpaired) electrons. The largest absolute Gasteiger partial charge is 0.478 e. The number of halogens is 1. The number of carboxylic acids is 1. The zero-order chi connectivity index (χ0) is 11.4. The summed E-state index contributed by atoms with van der Waals surface area (Å²) in [6, 6.07) is 6.15. The number of anilines is 1. The summed E-state index contributed by atoms with van der Waals surface area (Å²) in [7, 11) is 0. The first kappa shape index (κ1) is 11.3. The van der Waals surface area contributed by atoms with Crippen molar-refractivity contribution in [1.82, 2.24) is 0 Å². The maximum absolute atomic E-state index is 10.3. The van der Waals surface area contributed by atoms with Crippen molar-refractivity contribution >= 4 is 23.3 Å². The molecule has 1 aromatic rings. The fraction of sp³-hybridized carbons (Fsp3) is 0.111. The minimum atomic E-state index is -1.75. The van der Waals surface area contributed by atoms with Crippen LogP contribution in [-0.2, 0) is 4.79 Å². The number of nitrogens with one attached hydrogen (secondary N) is 1. The van der Waals surface area contributed by atoms with Crippen LogP contribution in [0.15, 0.2) is 18.2 Å². The monoisotopic (exact) mass is 226 g/mol. The highest BCUT2D eigenvalue weighted by atomic mass is 35.5. The molecule has 1 aromatic carbocycles. The Kier molecular flexibility index (Phi) is 3.50. The summed E-state index contributed by atoms with van der Waals surface area (Å²) in [6.07, 6.45) is -1.75. The van der Waals surface area contributed by atoms with Gasteiger partial charge in [0.15, 0.2) is 0 Å². The predicted molar refractivity (Wildman–Crippen MR) is 53.4 cm³/mol. The van der Waals surface area contributed by atoms with Crippen LogP contribution in [-0.4, -0.2) is 22.4 Å². The number of benzene rings is 1. The van der Waals surface area contributed by atoms with Gasteiger partial charge in [-0.25, -0.2) is 4.79 Å². The van der Waals surface area contributed by atoms with E-state index in [9.17, 15) is 4.79 Å². The molecule has 0 aliphatic rings. The molecule has 0 heterocycles. The minimum Gasteiger partial charge on any atom is -0.478 e. The lowest BCUT2D eigenvalue weighted by Gasteiger charge is -2.11. The van der Waals surface area contributed by atoms with Crippen LogP contribution in [0.3, 0.4) is 0 Å². The average molecular weight is 227 g/mol. The van der Waals surface area contributed by atoms with E-state index in [1.807, 2.05) is 6.07 Å². The van der Waals surface area contributed by atoms with Crippen molar-refractivity contribution in [2.24, 2.45) is 0 Å². The van der Waals surface area contributed by atoms with Crippen molar-refractivity contribution in [1.29, 1.82) is 5.26 Å². The van der Waals surface area contributed by atoms with E-state index >= 15 is 0 Å². The zero-order valence-corrected chi connectivity index (χ0v) is 8.19. The molecule has 1 rings (SSSR count). The summed E-state index contributed by atoms with van der Waals surface area (Å²) in [5.41, 5.74) is 0.519. The molecule has 1 atom stereocenters. The van der Waals surface area contributed by atoms with Gasteiger partial charge in [0.2, 0.25) is 6.23 Å². The molecule has 0 bridgehead atoms. The lowest BCUT2D eigenvalue weighted by Crippen LogP contribution is -2.28. The van der Waals surface area contributed by atoms with Gasteiger partial charge >= 0.3 is 5.97 Å². The zero-order valence-electron chi connectivity index (χ0n) is 7.44. The second-order valence-electron chi connectivity index (χ2n) is 2.69. The van der Waals surface area contributed by atoms with Crippen LogP contribution < -0.4 is 5.32 Å². The summed E-state index contributed by atoms with van der Waals surface area (Å²) in [4.78, 5) is 10.3. The van der Waals surface area contributed by atoms with Gasteiger partial charge in [-0.1, -0.05) is 11.6 Å². The van der Waals surface area contributed by atoms with Crippen LogP contribution in [0.25, 0.3) is 0 Å². The Hall–Kier alpha value is -1.77. The number of hydrogen-bond acceptors (Lipinski definition) is 4. The third-order valence-electron chi connectivity index (χ3n) is 1.62. The van der Waals surface area contributed by atoms with Gasteiger partial charge in [0.1, 0.15) is 0 Å². The van der Waals surface area contributed by atoms with Gasteiger partial charge in [-0.15, -0.1) is 0 Å². The molecule has 0 amide bonds. The van der Waals surface area contributed by atoms with E-state index in [1.54, 1.807) is 0 Å². The van der Waals surface area contributed by atoms with Gasteiger partial charge < -0.3 is 15.5 Å². The molecular formula is C9H7ClN2O3. The maximum atomic E-state index is 10.3. The van der Waals surface area contributed by atoms with E-state index in [1.165, 1.54) is 18.2 Å². The van der Waals surface area contributed by atoms with Crippen LogP contribution in [0.1, 0.15) is 5.56 Å². The highest BCUT2D eigenvalue weighted by Crippen LogP contribution is 2.23. The number of carboxylic acid groups (broad SMARTS) is 1. The first-order valence-corrected chi connectivity index (χ1v) is 4.29. The summed E-state index contributed by atoms with van der Waals surface area (Å²) >= 11 is 5.73. The minimum absolute atomic E-state index is 0.200. The number of hydrogen-bond donors (Lipinski definition) is 3. The SMILES string of the molecule is N#Cc1ccc(Cl)c(NC(O)C(=O)O)c1. The van der Waals surface area contributed by atoms with Crippen molar-refractivity contribution in [3.63, 3.8) is 0 Å². The summed E-state index contributed by atoms with van der Waals surface area (Å²) in [5.74, 6) is -1.42. The lowest BCUT2D eigenvalue weighted by molar-refractivity contribution is -0.145. The van der Waals surface area contributed by atoms with Gasteiger partial charge in [-0.2, -0.15) is 5.26 Å². The number of nitrogens with zero attached hydrogens (tertiary/aromatic N) is 1. The van der Waals surface area contributed by atoms with Crippen molar-refractivity contribution in [3.05, 3.63) is 28.8 Å². The number of nitriles is 1. The maximum Gasteiger partial charge on any atom is 0.353 e. The Bertz CT molecular complexity index is 428. The van der Waals surface area contributed by atoms with Crippen LogP contribution in [0, 0.1) is 11.3 Å². The molecule has 15 heavy (non-hydrogen) atoms. The first-order chi connectivity index (χ1) is 7.04. The molecular weight excluding hydrogens is 220 g/mol. The number of rotatable bonds is 3. The standard InChI is InChI=1S/C9H7ClN2O3/c10-6-2-1-5(4-11)3-7(6)12-8(13)9(14)15/h1-3,8,12-13H,(H,14,15). The van der Waals surface area contributed by atoms with E-state index in [4.69, 9.17) is 27.1 Å². The van der Waals surface area contributed by atoms with Crippen molar-refractivity contribution in [2.45, 2.75) is 6.23 Å². The first-order valence-electron chi connectivity index (χ1n) is 3.91. The summed E-state index contributed by atoms with van der Waals surface area (Å²) < 4.78 is 0. The van der Waals surface area contributed by atoms with Crippen LogP contribution in [0.2, 0.25) is 5.02 Å². The Balaban J connectivity index is 2.94. The highest BCUT2D eigenvalue weighted by molar-refractivity contribution is 6.33. The molecule has 0 aliphatic heterocycles. The van der Waals surface area contributed by atoms with E-state index in [0.29, 0.717) is 5.56 Å². The lowest BCUT2D eigenvalue weighted by atomic mass is 10.2. The van der Waals surface area contributed by atoms with Crippen molar-refractivity contribution < 1.29 is 15.0 Å². The van der Waals surface area contributed by atoms with E-state index in [2.05, 4.69) is 5.32 Å². The molecule has 0 aliphatic carbocycles. The van der Waals surface area contributed by atoms with E-state index < -0.39 is 12.2 Å². The average Bonchev–Trinajstić information content (AvgIpc) is 2.21. The molecule has 1 unspecified atom stereocenters. The van der Waals surface area contributed by atoms with Crippen molar-refractivity contribution in [3.8, 4) is 6.07 Å². The fourth-order valence-electron chi connectivity index (χ4n) is 0.914. The topological polar surface area (TPSA) is 93.4 Å². The quantitative estimate of drug-likeness (QED) is 0.670. The molecule has 0 spiro atoms. The highest BCUT2D eigenvalue weighted by Gasteiger charge is 2.14. The third kappa shape index (κ3) is 2.84. The van der Waals surface area contributed by atoms with Gasteiger partial charge in [0, 0.05) is 0 Å². The van der Waals surface area contributed by atoms with Crippen LogP contribution in [0.4, 0.5) is 5.69 Å². The van der Waals surface area contributed by atoms with E-state index in [-0.39, 0.29) is 10.7 Å². The van der Waals surface area contributed by atoms with Gasteiger partial charge in [-0.3, -0.25) is 0 Å². The Morgan fingerprint density at radius 1 is 1.60 bits per heavy atom. The molecule has 0 saturated carbocycles. The summed E-state index contributed by atoms with van der Waals surface area (Å²) in [5, 5.41) is 28.5. The number of aliphatic hydroxyl groups excluding tert-OH is 1. The van der Waals surface area contributed by atoms with Crippen LogP contribution >= 0.6 is 11.6 Å². The molecule has 78 valence electrons. The Morgan fingerprint density at radius 2 is 2.27 bits per heavy atom. The predicted octanol–water partition coefficient (Wildman–Crippen LogP) is 1.03. The molecule has 0 fully saturated rings. The normalized spacial score (nSPS) is 11.5. The summed E-state index contributed by atoms with van der Waals surface area (Å²) in [6.45, 7) is 0. The fourth-order valence-corrected chi connectivity index (χ4v) is 1.09. The van der Waals surface area contributed by atoms with Crippen LogP contribution in [0.5, 0.6) is 0 Å². The van der Waals surface area contributed by atoms with Gasteiger partial charge in [0.25, 0.3) is 0 Å². The van der Waals surface area contributed by atoms with Gasteiger partial charge in [0.05, 0.1) is 22.3 Å². The third-order valence-corrected chi connectivity index (χ3v) is 1.95. The number of aliphatic hydroxyl groups is 1. The second-order valence-corrected chi connectivity index (χ2v) is 3.10. The smallest absolute Gasteiger partial charge is 0.353 e. The number of carbonyl (C=O) groups is 1. The molecule has 3 N–H and O–H groups in total. The molecule has 0 saturated heterocycles. The number of aliphatic carboxylic acids is 1. The Labute approximate surface area is 90.5 Å². The van der Waals surface area contributed by atoms with E-state index in [0.717, 1.165) is 0 Å². The van der Waals surface area contributed by atoms with Crippen molar-refractivity contribution in [2.75, 3.05) is 5.32 Å². The molecule has 5 nitrogen and oxygen atoms in total. The van der Waals surface area contributed by atoms with Gasteiger partial charge in [-0.05, 0) is 18.2 Å². The molecule has 0 aromatic heterocycles. The Morgan fingerprint density at radius 3 is 2.80 bits per heavy atom. The molecule has 6 heteroatoms. The second kappa shape index (κ2) is 4.64.